The number of halogens is 3. The third kappa shape index (κ3) is 3.16. The van der Waals surface area contributed by atoms with E-state index in [1.807, 2.05) is 0 Å². The lowest BCUT2D eigenvalue weighted by atomic mass is 10.0. The zero-order chi connectivity index (χ0) is 14.0. The standard InChI is InChI=1S/C14H11Br2FO2/c1-19-9-3-4-12(16)10(7-9)14(18)11-6-8(15)2-5-13(11)17/h2-7,14,18H,1H3. The molecular weight excluding hydrogens is 379 g/mol. The van der Waals surface area contributed by atoms with Crippen molar-refractivity contribution in [2.75, 3.05) is 7.11 Å². The number of benzene rings is 2. The Balaban J connectivity index is 2.48. The SMILES string of the molecule is COc1ccc(Br)c(C(O)c2cc(Br)ccc2F)c1. The van der Waals surface area contributed by atoms with E-state index in [0.717, 1.165) is 0 Å². The summed E-state index contributed by atoms with van der Waals surface area (Å²) in [6.45, 7) is 0. The first kappa shape index (κ1) is 14.5. The van der Waals surface area contributed by atoms with E-state index in [-0.39, 0.29) is 5.56 Å². The Kier molecular flexibility index (Phi) is 4.60. The predicted molar refractivity (Wildman–Crippen MR) is 78.9 cm³/mol. The molecule has 0 saturated heterocycles. The minimum Gasteiger partial charge on any atom is -0.497 e. The number of aliphatic hydroxyl groups excluding tert-OH is 1. The van der Waals surface area contributed by atoms with Crippen LogP contribution < -0.4 is 4.74 Å². The van der Waals surface area contributed by atoms with Crippen molar-refractivity contribution in [1.82, 2.24) is 0 Å². The summed E-state index contributed by atoms with van der Waals surface area (Å²) in [4.78, 5) is 0. The molecule has 100 valence electrons. The molecule has 0 radical (unpaired) electrons. The molecule has 0 heterocycles. The summed E-state index contributed by atoms with van der Waals surface area (Å²) >= 11 is 6.62. The Hall–Kier alpha value is -0.910. The molecule has 1 unspecified atom stereocenters. The lowest BCUT2D eigenvalue weighted by Crippen LogP contribution is -2.04. The van der Waals surface area contributed by atoms with Gasteiger partial charge in [-0.05, 0) is 36.4 Å². The normalized spacial score (nSPS) is 12.3. The Morgan fingerprint density at radius 1 is 1.11 bits per heavy atom. The number of hydrogen-bond donors (Lipinski definition) is 1. The molecule has 0 saturated carbocycles. The molecule has 19 heavy (non-hydrogen) atoms. The second-order valence-electron chi connectivity index (χ2n) is 3.96. The van der Waals surface area contributed by atoms with Crippen LogP contribution in [-0.2, 0) is 0 Å². The average molecular weight is 390 g/mol. The zero-order valence-corrected chi connectivity index (χ0v) is 13.2. The molecule has 0 aromatic heterocycles. The van der Waals surface area contributed by atoms with E-state index in [2.05, 4.69) is 31.9 Å². The molecule has 0 amide bonds. The van der Waals surface area contributed by atoms with E-state index >= 15 is 0 Å². The van der Waals surface area contributed by atoms with Crippen LogP contribution in [0.3, 0.4) is 0 Å². The Morgan fingerprint density at radius 3 is 2.53 bits per heavy atom. The van der Waals surface area contributed by atoms with Crippen molar-refractivity contribution in [1.29, 1.82) is 0 Å². The summed E-state index contributed by atoms with van der Waals surface area (Å²) in [6.07, 6.45) is -1.07. The summed E-state index contributed by atoms with van der Waals surface area (Å²) in [5.74, 6) is 0.151. The Morgan fingerprint density at radius 2 is 1.84 bits per heavy atom. The minimum atomic E-state index is -1.07. The largest absolute Gasteiger partial charge is 0.497 e. The van der Waals surface area contributed by atoms with Gasteiger partial charge in [0, 0.05) is 20.1 Å². The fraction of sp³-hybridized carbons (Fsp3) is 0.143. The van der Waals surface area contributed by atoms with Gasteiger partial charge >= 0.3 is 0 Å². The summed E-state index contributed by atoms with van der Waals surface area (Å²) < 4.78 is 20.3. The molecule has 1 N–H and O–H groups in total. The van der Waals surface area contributed by atoms with Gasteiger partial charge in [0.1, 0.15) is 17.7 Å². The van der Waals surface area contributed by atoms with E-state index in [9.17, 15) is 9.50 Å². The van der Waals surface area contributed by atoms with Crippen LogP contribution in [0.15, 0.2) is 45.3 Å². The summed E-state index contributed by atoms with van der Waals surface area (Å²) in [5.41, 5.74) is 0.764. The van der Waals surface area contributed by atoms with Gasteiger partial charge < -0.3 is 9.84 Å². The van der Waals surface area contributed by atoms with Crippen LogP contribution in [0.4, 0.5) is 4.39 Å². The third-order valence-electron chi connectivity index (χ3n) is 2.75. The van der Waals surface area contributed by atoms with Crippen LogP contribution in [0.25, 0.3) is 0 Å². The van der Waals surface area contributed by atoms with Gasteiger partial charge in [0.05, 0.1) is 7.11 Å². The van der Waals surface area contributed by atoms with Gasteiger partial charge in [-0.25, -0.2) is 4.39 Å². The molecular formula is C14H11Br2FO2. The molecule has 1 atom stereocenters. The van der Waals surface area contributed by atoms with Crippen molar-refractivity contribution >= 4 is 31.9 Å². The van der Waals surface area contributed by atoms with E-state index in [4.69, 9.17) is 4.74 Å². The van der Waals surface area contributed by atoms with E-state index in [0.29, 0.717) is 20.3 Å². The number of hydrogen-bond acceptors (Lipinski definition) is 2. The van der Waals surface area contributed by atoms with Crippen LogP contribution in [0, 0.1) is 5.82 Å². The van der Waals surface area contributed by atoms with Gasteiger partial charge in [-0.1, -0.05) is 31.9 Å². The maximum absolute atomic E-state index is 13.8. The number of rotatable bonds is 3. The Bertz CT molecular complexity index is 602. The fourth-order valence-corrected chi connectivity index (χ4v) is 2.59. The van der Waals surface area contributed by atoms with Crippen LogP contribution in [0.1, 0.15) is 17.2 Å². The van der Waals surface area contributed by atoms with Crippen molar-refractivity contribution in [3.05, 3.63) is 62.3 Å². The number of methoxy groups -OCH3 is 1. The molecule has 0 aliphatic carbocycles. The predicted octanol–water partition coefficient (Wildman–Crippen LogP) is 4.44. The van der Waals surface area contributed by atoms with Gasteiger partial charge in [-0.15, -0.1) is 0 Å². The summed E-state index contributed by atoms with van der Waals surface area (Å²) in [6, 6.07) is 9.66. The molecule has 2 aromatic carbocycles. The van der Waals surface area contributed by atoms with E-state index in [1.54, 1.807) is 37.4 Å². The highest BCUT2D eigenvalue weighted by atomic mass is 79.9. The number of ether oxygens (including phenoxy) is 1. The van der Waals surface area contributed by atoms with Crippen molar-refractivity contribution < 1.29 is 14.2 Å². The highest BCUT2D eigenvalue weighted by Crippen LogP contribution is 2.33. The quantitative estimate of drug-likeness (QED) is 0.840. The van der Waals surface area contributed by atoms with Crippen LogP contribution >= 0.6 is 31.9 Å². The van der Waals surface area contributed by atoms with E-state index in [1.165, 1.54) is 6.07 Å². The molecule has 2 rings (SSSR count). The minimum absolute atomic E-state index is 0.211. The average Bonchev–Trinajstić information content (AvgIpc) is 2.41. The van der Waals surface area contributed by atoms with Crippen molar-refractivity contribution in [2.24, 2.45) is 0 Å². The van der Waals surface area contributed by atoms with Gasteiger partial charge in [0.15, 0.2) is 0 Å². The van der Waals surface area contributed by atoms with E-state index < -0.39 is 11.9 Å². The van der Waals surface area contributed by atoms with Gasteiger partial charge in [-0.3, -0.25) is 0 Å². The molecule has 0 fully saturated rings. The zero-order valence-electron chi connectivity index (χ0n) is 10.0. The molecule has 2 nitrogen and oxygen atoms in total. The molecule has 5 heteroatoms. The molecule has 0 bridgehead atoms. The second kappa shape index (κ2) is 6.03. The summed E-state index contributed by atoms with van der Waals surface area (Å²) in [7, 11) is 1.54. The highest BCUT2D eigenvalue weighted by molar-refractivity contribution is 9.10. The monoisotopic (exact) mass is 388 g/mol. The highest BCUT2D eigenvalue weighted by Gasteiger charge is 2.18. The Labute approximate surface area is 127 Å². The van der Waals surface area contributed by atoms with Crippen molar-refractivity contribution in [3.8, 4) is 5.75 Å². The van der Waals surface area contributed by atoms with Crippen LogP contribution in [-0.4, -0.2) is 12.2 Å². The maximum atomic E-state index is 13.8. The molecule has 2 aromatic rings. The lowest BCUT2D eigenvalue weighted by molar-refractivity contribution is 0.213. The van der Waals surface area contributed by atoms with Crippen LogP contribution in [0.2, 0.25) is 0 Å². The van der Waals surface area contributed by atoms with Gasteiger partial charge in [-0.2, -0.15) is 0 Å². The lowest BCUT2D eigenvalue weighted by Gasteiger charge is -2.15. The third-order valence-corrected chi connectivity index (χ3v) is 3.97. The first-order valence-corrected chi connectivity index (χ1v) is 7.08. The maximum Gasteiger partial charge on any atom is 0.129 e. The van der Waals surface area contributed by atoms with Crippen molar-refractivity contribution in [3.63, 3.8) is 0 Å². The molecule has 0 aliphatic rings. The molecule has 0 aliphatic heterocycles. The first-order chi connectivity index (χ1) is 9.02. The molecule has 0 spiro atoms. The summed E-state index contributed by atoms with van der Waals surface area (Å²) in [5, 5.41) is 10.4. The van der Waals surface area contributed by atoms with Crippen molar-refractivity contribution in [2.45, 2.75) is 6.10 Å². The smallest absolute Gasteiger partial charge is 0.129 e. The number of aliphatic hydroxyl groups is 1. The fourth-order valence-electron chi connectivity index (χ4n) is 1.75. The second-order valence-corrected chi connectivity index (χ2v) is 5.73. The van der Waals surface area contributed by atoms with Gasteiger partial charge in [0.25, 0.3) is 0 Å². The topological polar surface area (TPSA) is 29.5 Å². The van der Waals surface area contributed by atoms with Crippen LogP contribution in [0.5, 0.6) is 5.75 Å². The van der Waals surface area contributed by atoms with Gasteiger partial charge in [0.2, 0.25) is 0 Å². The first-order valence-electron chi connectivity index (χ1n) is 5.49.